The van der Waals surface area contributed by atoms with E-state index in [4.69, 9.17) is 4.74 Å². The van der Waals surface area contributed by atoms with Crippen molar-refractivity contribution in [1.82, 2.24) is 30.0 Å². The quantitative estimate of drug-likeness (QED) is 0.586. The summed E-state index contributed by atoms with van der Waals surface area (Å²) in [6.07, 6.45) is 4.72. The Labute approximate surface area is 185 Å². The monoisotopic (exact) mass is 437 g/mol. The Morgan fingerprint density at radius 2 is 2.00 bits per heavy atom. The number of ether oxygens (including phenoxy) is 1. The molecule has 0 aromatic carbocycles. The molecule has 3 aromatic heterocycles. The summed E-state index contributed by atoms with van der Waals surface area (Å²) in [6, 6.07) is 1.97. The summed E-state index contributed by atoms with van der Waals surface area (Å²) in [6.45, 7) is 7.54. The van der Waals surface area contributed by atoms with Crippen LogP contribution in [0.15, 0.2) is 18.6 Å². The van der Waals surface area contributed by atoms with Gasteiger partial charge in [0.1, 0.15) is 17.7 Å². The average Bonchev–Trinajstić information content (AvgIpc) is 3.44. The average molecular weight is 438 g/mol. The number of hydrogen-bond acceptors (Lipinski definition) is 8. The van der Waals surface area contributed by atoms with Crippen molar-refractivity contribution in [2.75, 3.05) is 37.7 Å². The number of nitrogens with zero attached hydrogens (tertiary/aromatic N) is 6. The molecule has 10 heteroatoms. The minimum atomic E-state index is -0.772. The molecule has 168 valence electrons. The second-order valence-electron chi connectivity index (χ2n) is 8.66. The third-order valence-corrected chi connectivity index (χ3v) is 6.12. The molecule has 1 aliphatic heterocycles. The number of aliphatic hydroxyl groups is 1. The van der Waals surface area contributed by atoms with E-state index in [1.807, 2.05) is 19.9 Å². The van der Waals surface area contributed by atoms with Crippen molar-refractivity contribution in [2.45, 2.75) is 38.8 Å². The molecule has 4 heterocycles. The van der Waals surface area contributed by atoms with Crippen LogP contribution in [0.1, 0.15) is 40.2 Å². The maximum absolute atomic E-state index is 12.8. The maximum atomic E-state index is 12.8. The van der Waals surface area contributed by atoms with Gasteiger partial charge in [-0.05, 0) is 38.3 Å². The van der Waals surface area contributed by atoms with Gasteiger partial charge in [-0.1, -0.05) is 0 Å². The van der Waals surface area contributed by atoms with Crippen LogP contribution in [-0.2, 0) is 11.3 Å². The fraction of sp³-hybridized carbons (Fsp3) is 0.500. The Hall–Kier alpha value is -3.11. The molecule has 32 heavy (non-hydrogen) atoms. The van der Waals surface area contributed by atoms with Gasteiger partial charge >= 0.3 is 0 Å². The standard InChI is InChI=1S/C22H27N7O3/c1-14-9-17-18(23-10-14)19(21(30)24-12-22(31)3-4-22)27-29(17)11-16-15(2)20(26-13-25-16)28-5-7-32-8-6-28/h9-10,13,31H,3-8,11-12H2,1-2H3,(H,24,30). The highest BCUT2D eigenvalue weighted by Gasteiger charge is 2.40. The molecule has 5 rings (SSSR count). The molecule has 2 fully saturated rings. The number of aromatic nitrogens is 5. The Kier molecular flexibility index (Phi) is 5.26. The second kappa shape index (κ2) is 8.10. The number of pyridine rings is 1. The number of nitrogens with one attached hydrogen (secondary N) is 1. The van der Waals surface area contributed by atoms with Crippen LogP contribution < -0.4 is 10.2 Å². The molecule has 2 N–H and O–H groups in total. The summed E-state index contributed by atoms with van der Waals surface area (Å²) in [7, 11) is 0. The van der Waals surface area contributed by atoms with Gasteiger partial charge in [-0.25, -0.2) is 9.97 Å². The highest BCUT2D eigenvalue weighted by Crippen LogP contribution is 2.34. The van der Waals surface area contributed by atoms with Gasteiger partial charge in [0.05, 0.1) is 36.6 Å². The van der Waals surface area contributed by atoms with Gasteiger partial charge in [-0.3, -0.25) is 14.5 Å². The lowest BCUT2D eigenvalue weighted by Gasteiger charge is -2.29. The van der Waals surface area contributed by atoms with Crippen LogP contribution in [0.25, 0.3) is 11.0 Å². The number of amides is 1. The van der Waals surface area contributed by atoms with Crippen molar-refractivity contribution in [3.8, 4) is 0 Å². The Balaban J connectivity index is 1.46. The molecular weight excluding hydrogens is 410 g/mol. The summed E-state index contributed by atoms with van der Waals surface area (Å²) in [5, 5.41) is 17.5. The SMILES string of the molecule is Cc1cnc2c(C(=O)NCC3(O)CC3)nn(Cc3ncnc(N4CCOCC4)c3C)c2c1. The molecule has 0 unspecified atom stereocenters. The first-order valence-corrected chi connectivity index (χ1v) is 10.9. The van der Waals surface area contributed by atoms with E-state index in [1.54, 1.807) is 17.2 Å². The molecule has 0 atom stereocenters. The van der Waals surface area contributed by atoms with Gasteiger partial charge in [0.2, 0.25) is 0 Å². The number of morpholine rings is 1. The minimum Gasteiger partial charge on any atom is -0.388 e. The first-order chi connectivity index (χ1) is 15.4. The van der Waals surface area contributed by atoms with Gasteiger partial charge in [0.15, 0.2) is 5.69 Å². The highest BCUT2D eigenvalue weighted by molar-refractivity contribution is 6.03. The molecule has 3 aromatic rings. The summed E-state index contributed by atoms with van der Waals surface area (Å²) >= 11 is 0. The zero-order valence-electron chi connectivity index (χ0n) is 18.3. The van der Waals surface area contributed by atoms with E-state index < -0.39 is 5.60 Å². The Morgan fingerprint density at radius 3 is 2.75 bits per heavy atom. The van der Waals surface area contributed by atoms with Crippen LogP contribution in [0, 0.1) is 13.8 Å². The highest BCUT2D eigenvalue weighted by atomic mass is 16.5. The van der Waals surface area contributed by atoms with Gasteiger partial charge in [0, 0.05) is 31.4 Å². The van der Waals surface area contributed by atoms with Crippen LogP contribution in [0.2, 0.25) is 0 Å². The summed E-state index contributed by atoms with van der Waals surface area (Å²) < 4.78 is 7.23. The zero-order chi connectivity index (χ0) is 22.3. The number of hydrogen-bond donors (Lipinski definition) is 2. The first kappa shape index (κ1) is 20.8. The van der Waals surface area contributed by atoms with Crippen LogP contribution in [0.3, 0.4) is 0 Å². The van der Waals surface area contributed by atoms with Crippen LogP contribution >= 0.6 is 0 Å². The molecule has 1 amide bonds. The first-order valence-electron chi connectivity index (χ1n) is 10.9. The van der Waals surface area contributed by atoms with Gasteiger partial charge in [0.25, 0.3) is 5.91 Å². The largest absolute Gasteiger partial charge is 0.388 e. The number of fused-ring (bicyclic) bond motifs is 1. The van der Waals surface area contributed by atoms with Gasteiger partial charge in [-0.2, -0.15) is 5.10 Å². The molecular formula is C22H27N7O3. The summed E-state index contributed by atoms with van der Waals surface area (Å²) in [5.74, 6) is 0.568. The second-order valence-corrected chi connectivity index (χ2v) is 8.66. The molecule has 0 spiro atoms. The van der Waals surface area contributed by atoms with E-state index in [-0.39, 0.29) is 18.1 Å². The van der Waals surface area contributed by atoms with Crippen molar-refractivity contribution in [3.05, 3.63) is 41.1 Å². The maximum Gasteiger partial charge on any atom is 0.274 e. The Morgan fingerprint density at radius 1 is 1.22 bits per heavy atom. The van der Waals surface area contributed by atoms with E-state index in [0.29, 0.717) is 38.1 Å². The van der Waals surface area contributed by atoms with E-state index in [9.17, 15) is 9.90 Å². The molecule has 1 saturated carbocycles. The van der Waals surface area contributed by atoms with E-state index in [2.05, 4.69) is 30.3 Å². The predicted molar refractivity (Wildman–Crippen MR) is 118 cm³/mol. The lowest BCUT2D eigenvalue weighted by atomic mass is 10.2. The zero-order valence-corrected chi connectivity index (χ0v) is 18.3. The van der Waals surface area contributed by atoms with Crippen LogP contribution in [-0.4, -0.2) is 74.2 Å². The fourth-order valence-electron chi connectivity index (χ4n) is 3.95. The molecule has 1 saturated heterocycles. The lowest BCUT2D eigenvalue weighted by Crippen LogP contribution is -2.37. The van der Waals surface area contributed by atoms with E-state index in [0.717, 1.165) is 41.2 Å². The normalized spacial score (nSPS) is 17.5. The minimum absolute atomic E-state index is 0.222. The molecule has 0 radical (unpaired) electrons. The summed E-state index contributed by atoms with van der Waals surface area (Å²) in [4.78, 5) is 28.5. The van der Waals surface area contributed by atoms with Crippen LogP contribution in [0.4, 0.5) is 5.82 Å². The van der Waals surface area contributed by atoms with Crippen molar-refractivity contribution < 1.29 is 14.6 Å². The van der Waals surface area contributed by atoms with Crippen molar-refractivity contribution in [1.29, 1.82) is 0 Å². The summed E-state index contributed by atoms with van der Waals surface area (Å²) in [5.41, 5.74) is 3.59. The topological polar surface area (TPSA) is 118 Å². The Bertz CT molecular complexity index is 1170. The lowest BCUT2D eigenvalue weighted by molar-refractivity contribution is 0.0892. The van der Waals surface area contributed by atoms with Crippen LogP contribution in [0.5, 0.6) is 0 Å². The number of carbonyl (C=O) groups excluding carboxylic acids is 1. The fourth-order valence-corrected chi connectivity index (χ4v) is 3.95. The third kappa shape index (κ3) is 4.03. The molecule has 0 bridgehead atoms. The predicted octanol–water partition coefficient (Wildman–Crippen LogP) is 0.978. The van der Waals surface area contributed by atoms with Crippen molar-refractivity contribution >= 4 is 22.8 Å². The number of aryl methyl sites for hydroxylation is 1. The molecule has 10 nitrogen and oxygen atoms in total. The number of rotatable bonds is 6. The molecule has 2 aliphatic rings. The van der Waals surface area contributed by atoms with E-state index in [1.165, 1.54) is 0 Å². The van der Waals surface area contributed by atoms with Gasteiger partial charge < -0.3 is 20.1 Å². The smallest absolute Gasteiger partial charge is 0.274 e. The number of carbonyl (C=O) groups is 1. The van der Waals surface area contributed by atoms with Gasteiger partial charge in [-0.15, -0.1) is 0 Å². The molecule has 1 aliphatic carbocycles. The number of anilines is 1. The van der Waals surface area contributed by atoms with E-state index >= 15 is 0 Å². The van der Waals surface area contributed by atoms with Crippen molar-refractivity contribution in [3.63, 3.8) is 0 Å². The third-order valence-electron chi connectivity index (χ3n) is 6.12. The van der Waals surface area contributed by atoms with Crippen molar-refractivity contribution in [2.24, 2.45) is 0 Å².